The number of phenols is 1. The first-order valence-electron chi connectivity index (χ1n) is 6.73. The van der Waals surface area contributed by atoms with E-state index in [1.807, 2.05) is 36.2 Å². The van der Waals surface area contributed by atoms with Crippen molar-refractivity contribution in [2.45, 2.75) is 6.54 Å². The van der Waals surface area contributed by atoms with E-state index in [9.17, 15) is 9.90 Å². The summed E-state index contributed by atoms with van der Waals surface area (Å²) in [5.41, 5.74) is 1.64. The fourth-order valence-electron chi connectivity index (χ4n) is 2.16. The lowest BCUT2D eigenvalue weighted by Gasteiger charge is -2.17. The molecule has 1 N–H and O–H groups in total. The van der Waals surface area contributed by atoms with Crippen LogP contribution in [0.5, 0.6) is 11.5 Å². The van der Waals surface area contributed by atoms with Gasteiger partial charge in [-0.3, -0.25) is 9.69 Å². The summed E-state index contributed by atoms with van der Waals surface area (Å²) in [6.45, 7) is 0.941. The van der Waals surface area contributed by atoms with Gasteiger partial charge >= 0.3 is 0 Å². The molecule has 0 bridgehead atoms. The number of Topliss-reactive ketones (excluding diaryl/α,β-unsaturated/α-hetero) is 1. The third-order valence-corrected chi connectivity index (χ3v) is 3.24. The van der Waals surface area contributed by atoms with Crippen molar-refractivity contribution < 1.29 is 14.6 Å². The number of phenolic OH excluding ortho intramolecular Hbond substituents is 1. The van der Waals surface area contributed by atoms with Crippen molar-refractivity contribution in [3.05, 3.63) is 59.7 Å². The van der Waals surface area contributed by atoms with Crippen LogP contribution in [0, 0.1) is 0 Å². The van der Waals surface area contributed by atoms with Gasteiger partial charge < -0.3 is 9.84 Å². The molecule has 2 aromatic carbocycles. The number of hydrogen-bond acceptors (Lipinski definition) is 4. The molecule has 0 aromatic heterocycles. The predicted octanol–water partition coefficient (Wildman–Crippen LogP) is 2.72. The maximum Gasteiger partial charge on any atom is 0.176 e. The number of ketones is 1. The third-order valence-electron chi connectivity index (χ3n) is 3.24. The summed E-state index contributed by atoms with van der Waals surface area (Å²) in [7, 11) is 3.53. The van der Waals surface area contributed by atoms with Crippen molar-refractivity contribution >= 4 is 5.78 Å². The van der Waals surface area contributed by atoms with Crippen LogP contribution in [-0.2, 0) is 6.54 Å². The zero-order chi connectivity index (χ0) is 15.2. The molecule has 0 amide bonds. The second-order valence-corrected chi connectivity index (χ2v) is 4.95. The number of carbonyl (C=O) groups is 1. The second-order valence-electron chi connectivity index (χ2n) is 4.95. The normalized spacial score (nSPS) is 10.6. The molecule has 0 aliphatic carbocycles. The number of aromatic hydroxyl groups is 1. The molecule has 0 atom stereocenters. The number of nitrogens with zero attached hydrogens (tertiary/aromatic N) is 1. The number of likely N-dealkylation sites (N-methyl/N-ethyl adjacent to an activating group) is 1. The number of carbonyl (C=O) groups excluding carboxylic acids is 1. The van der Waals surface area contributed by atoms with Crippen molar-refractivity contribution in [1.82, 2.24) is 4.90 Å². The lowest BCUT2D eigenvalue weighted by atomic mass is 10.1. The van der Waals surface area contributed by atoms with E-state index < -0.39 is 0 Å². The number of methoxy groups -OCH3 is 1. The van der Waals surface area contributed by atoms with Crippen molar-refractivity contribution in [3.63, 3.8) is 0 Å². The SMILES string of the molecule is COc1ccccc1CN(C)CC(=O)c1ccc(O)cc1. The van der Waals surface area contributed by atoms with Gasteiger partial charge in [0.2, 0.25) is 0 Å². The van der Waals surface area contributed by atoms with Gasteiger partial charge in [0.25, 0.3) is 0 Å². The Balaban J connectivity index is 1.99. The lowest BCUT2D eigenvalue weighted by molar-refractivity contribution is 0.0942. The van der Waals surface area contributed by atoms with Gasteiger partial charge in [-0.05, 0) is 37.4 Å². The topological polar surface area (TPSA) is 49.8 Å². The summed E-state index contributed by atoms with van der Waals surface area (Å²) in [4.78, 5) is 14.1. The van der Waals surface area contributed by atoms with E-state index in [1.165, 1.54) is 12.1 Å². The molecule has 0 aliphatic rings. The van der Waals surface area contributed by atoms with E-state index in [-0.39, 0.29) is 11.5 Å². The first kappa shape index (κ1) is 15.1. The standard InChI is InChI=1S/C17H19NO3/c1-18(11-14-5-3-4-6-17(14)21-2)12-16(20)13-7-9-15(19)10-8-13/h3-10,19H,11-12H2,1-2H3. The minimum atomic E-state index is 0.0207. The number of ether oxygens (including phenoxy) is 1. The lowest BCUT2D eigenvalue weighted by Crippen LogP contribution is -2.25. The largest absolute Gasteiger partial charge is 0.508 e. The zero-order valence-electron chi connectivity index (χ0n) is 12.2. The highest BCUT2D eigenvalue weighted by molar-refractivity contribution is 5.97. The second kappa shape index (κ2) is 6.90. The average molecular weight is 285 g/mol. The van der Waals surface area contributed by atoms with Crippen LogP contribution in [0.2, 0.25) is 0 Å². The van der Waals surface area contributed by atoms with Crippen LogP contribution in [0.1, 0.15) is 15.9 Å². The molecule has 0 heterocycles. The van der Waals surface area contributed by atoms with E-state index >= 15 is 0 Å². The molecule has 0 spiro atoms. The summed E-state index contributed by atoms with van der Waals surface area (Å²) in [5, 5.41) is 9.24. The van der Waals surface area contributed by atoms with Gasteiger partial charge in [-0.1, -0.05) is 18.2 Å². The van der Waals surface area contributed by atoms with Crippen LogP contribution in [0.25, 0.3) is 0 Å². The Bertz CT molecular complexity index is 608. The van der Waals surface area contributed by atoms with Crippen LogP contribution < -0.4 is 4.74 Å². The molecule has 0 unspecified atom stereocenters. The Labute approximate surface area is 124 Å². The number of rotatable bonds is 6. The van der Waals surface area contributed by atoms with Crippen molar-refractivity contribution in [2.24, 2.45) is 0 Å². The van der Waals surface area contributed by atoms with Crippen LogP contribution >= 0.6 is 0 Å². The number of benzene rings is 2. The van der Waals surface area contributed by atoms with Gasteiger partial charge in [-0.25, -0.2) is 0 Å². The Morgan fingerprint density at radius 3 is 2.48 bits per heavy atom. The molecule has 0 saturated heterocycles. The quantitative estimate of drug-likeness (QED) is 0.829. The molecule has 0 fully saturated rings. The monoisotopic (exact) mass is 285 g/mol. The van der Waals surface area contributed by atoms with Gasteiger partial charge in [0.05, 0.1) is 13.7 Å². The van der Waals surface area contributed by atoms with Crippen LogP contribution in [0.4, 0.5) is 0 Å². The van der Waals surface area contributed by atoms with Crippen molar-refractivity contribution in [3.8, 4) is 11.5 Å². The Morgan fingerprint density at radius 1 is 1.14 bits per heavy atom. The van der Waals surface area contributed by atoms with Gasteiger partial charge in [0.15, 0.2) is 5.78 Å². The van der Waals surface area contributed by atoms with Gasteiger partial charge in [-0.15, -0.1) is 0 Å². The molecule has 0 radical (unpaired) electrons. The fourth-order valence-corrected chi connectivity index (χ4v) is 2.16. The molecule has 2 rings (SSSR count). The summed E-state index contributed by atoms with van der Waals surface area (Å²) in [5.74, 6) is 1.00. The Kier molecular flexibility index (Phi) is 4.95. The predicted molar refractivity (Wildman–Crippen MR) is 81.8 cm³/mol. The maximum absolute atomic E-state index is 12.2. The van der Waals surface area contributed by atoms with Crippen LogP contribution in [0.3, 0.4) is 0 Å². The molecule has 0 saturated carbocycles. The highest BCUT2D eigenvalue weighted by Crippen LogP contribution is 2.19. The van der Waals surface area contributed by atoms with Crippen molar-refractivity contribution in [2.75, 3.05) is 20.7 Å². The van der Waals surface area contributed by atoms with Crippen LogP contribution in [-0.4, -0.2) is 36.5 Å². The first-order chi connectivity index (χ1) is 10.1. The van der Waals surface area contributed by atoms with E-state index in [0.717, 1.165) is 11.3 Å². The maximum atomic E-state index is 12.2. The Hall–Kier alpha value is -2.33. The fraction of sp³-hybridized carbons (Fsp3) is 0.235. The van der Waals surface area contributed by atoms with Gasteiger partial charge in [-0.2, -0.15) is 0 Å². The molecule has 0 aliphatic heterocycles. The highest BCUT2D eigenvalue weighted by Gasteiger charge is 2.11. The molecular weight excluding hydrogens is 266 g/mol. The Morgan fingerprint density at radius 2 is 1.81 bits per heavy atom. The molecule has 2 aromatic rings. The summed E-state index contributed by atoms with van der Waals surface area (Å²) < 4.78 is 5.31. The molecular formula is C17H19NO3. The number of para-hydroxylation sites is 1. The summed E-state index contributed by atoms with van der Waals surface area (Å²) >= 11 is 0. The zero-order valence-corrected chi connectivity index (χ0v) is 12.2. The van der Waals surface area contributed by atoms with E-state index in [4.69, 9.17) is 4.74 Å². The molecule has 110 valence electrons. The highest BCUT2D eigenvalue weighted by atomic mass is 16.5. The minimum Gasteiger partial charge on any atom is -0.508 e. The average Bonchev–Trinajstić information content (AvgIpc) is 2.48. The van der Waals surface area contributed by atoms with E-state index in [0.29, 0.717) is 18.7 Å². The summed E-state index contributed by atoms with van der Waals surface area (Å²) in [6, 6.07) is 14.1. The van der Waals surface area contributed by atoms with E-state index in [2.05, 4.69) is 0 Å². The van der Waals surface area contributed by atoms with Crippen molar-refractivity contribution in [1.29, 1.82) is 0 Å². The van der Waals surface area contributed by atoms with E-state index in [1.54, 1.807) is 19.2 Å². The number of hydrogen-bond donors (Lipinski definition) is 1. The molecule has 21 heavy (non-hydrogen) atoms. The van der Waals surface area contributed by atoms with Gasteiger partial charge in [0, 0.05) is 17.7 Å². The molecule has 4 nitrogen and oxygen atoms in total. The van der Waals surface area contributed by atoms with Crippen LogP contribution in [0.15, 0.2) is 48.5 Å². The summed E-state index contributed by atoms with van der Waals surface area (Å²) in [6.07, 6.45) is 0. The minimum absolute atomic E-state index is 0.0207. The third kappa shape index (κ3) is 4.07. The van der Waals surface area contributed by atoms with Gasteiger partial charge in [0.1, 0.15) is 11.5 Å². The molecule has 4 heteroatoms. The first-order valence-corrected chi connectivity index (χ1v) is 6.73. The smallest absolute Gasteiger partial charge is 0.176 e.